The number of hydrogen-bond acceptors (Lipinski definition) is 2. The average Bonchev–Trinajstić information content (AvgIpc) is 2.26. The van der Waals surface area contributed by atoms with Gasteiger partial charge in [0.15, 0.2) is 0 Å². The van der Waals surface area contributed by atoms with Gasteiger partial charge in [-0.25, -0.2) is 0 Å². The summed E-state index contributed by atoms with van der Waals surface area (Å²) in [5.74, 6) is 0. The van der Waals surface area contributed by atoms with Gasteiger partial charge in [0.05, 0.1) is 0 Å². The van der Waals surface area contributed by atoms with E-state index in [-0.39, 0.29) is 0 Å². The Labute approximate surface area is 85.5 Å². The standard InChI is InChI=1S/C12H18N2/c13-7-8-14-12-6-5-10-3-1-2-4-11(10)9-12/h5-6,9,14H,1-4,7-8,13H2. The van der Waals surface area contributed by atoms with Gasteiger partial charge in [-0.05, 0) is 48.9 Å². The lowest BCUT2D eigenvalue weighted by Crippen LogP contribution is -2.13. The van der Waals surface area contributed by atoms with Crippen molar-refractivity contribution >= 4 is 5.69 Å². The minimum absolute atomic E-state index is 0.692. The zero-order chi connectivity index (χ0) is 9.80. The highest BCUT2D eigenvalue weighted by molar-refractivity contribution is 5.49. The van der Waals surface area contributed by atoms with E-state index in [9.17, 15) is 0 Å². The molecule has 0 unspecified atom stereocenters. The van der Waals surface area contributed by atoms with Gasteiger partial charge in [0, 0.05) is 18.8 Å². The Balaban J connectivity index is 2.12. The molecule has 1 aliphatic carbocycles. The second-order valence-corrected chi connectivity index (χ2v) is 3.91. The zero-order valence-corrected chi connectivity index (χ0v) is 8.55. The second kappa shape index (κ2) is 4.47. The topological polar surface area (TPSA) is 38.0 Å². The fourth-order valence-electron chi connectivity index (χ4n) is 2.06. The predicted molar refractivity (Wildman–Crippen MR) is 60.6 cm³/mol. The van der Waals surface area contributed by atoms with Gasteiger partial charge in [-0.1, -0.05) is 6.07 Å². The molecule has 0 heterocycles. The number of nitrogens with one attached hydrogen (secondary N) is 1. The van der Waals surface area contributed by atoms with E-state index in [2.05, 4.69) is 23.5 Å². The van der Waals surface area contributed by atoms with E-state index in [1.807, 2.05) is 0 Å². The smallest absolute Gasteiger partial charge is 0.0343 e. The maximum atomic E-state index is 5.45. The molecule has 0 aromatic heterocycles. The molecule has 0 fully saturated rings. The Bertz CT molecular complexity index is 307. The molecule has 0 atom stereocenters. The average molecular weight is 190 g/mol. The van der Waals surface area contributed by atoms with E-state index < -0.39 is 0 Å². The third kappa shape index (κ3) is 2.07. The number of benzene rings is 1. The van der Waals surface area contributed by atoms with Gasteiger partial charge in [0.25, 0.3) is 0 Å². The molecule has 1 aliphatic rings. The Hall–Kier alpha value is -1.02. The molecule has 2 rings (SSSR count). The molecule has 0 spiro atoms. The van der Waals surface area contributed by atoms with Crippen molar-refractivity contribution in [3.05, 3.63) is 29.3 Å². The van der Waals surface area contributed by atoms with Crippen LogP contribution in [0.1, 0.15) is 24.0 Å². The van der Waals surface area contributed by atoms with Gasteiger partial charge in [0.1, 0.15) is 0 Å². The fourth-order valence-corrected chi connectivity index (χ4v) is 2.06. The summed E-state index contributed by atoms with van der Waals surface area (Å²) in [5, 5.41) is 3.32. The van der Waals surface area contributed by atoms with Gasteiger partial charge >= 0.3 is 0 Å². The fraction of sp³-hybridized carbons (Fsp3) is 0.500. The second-order valence-electron chi connectivity index (χ2n) is 3.91. The largest absolute Gasteiger partial charge is 0.384 e. The molecular weight excluding hydrogens is 172 g/mol. The summed E-state index contributed by atoms with van der Waals surface area (Å²) in [6.07, 6.45) is 5.19. The SMILES string of the molecule is NCCNc1ccc2c(c1)CCCC2. The lowest BCUT2D eigenvalue weighted by atomic mass is 9.91. The van der Waals surface area contributed by atoms with Crippen molar-refractivity contribution in [3.63, 3.8) is 0 Å². The Morgan fingerprint density at radius 3 is 2.71 bits per heavy atom. The third-order valence-corrected chi connectivity index (χ3v) is 2.82. The predicted octanol–water partition coefficient (Wildman–Crippen LogP) is 1.94. The van der Waals surface area contributed by atoms with Crippen molar-refractivity contribution in [2.75, 3.05) is 18.4 Å². The van der Waals surface area contributed by atoms with Crippen LogP contribution in [-0.4, -0.2) is 13.1 Å². The molecule has 2 heteroatoms. The van der Waals surface area contributed by atoms with Gasteiger partial charge in [0.2, 0.25) is 0 Å². The Morgan fingerprint density at radius 1 is 1.14 bits per heavy atom. The lowest BCUT2D eigenvalue weighted by molar-refractivity contribution is 0.686. The van der Waals surface area contributed by atoms with Crippen LogP contribution in [0, 0.1) is 0 Å². The zero-order valence-electron chi connectivity index (χ0n) is 8.55. The highest BCUT2D eigenvalue weighted by Crippen LogP contribution is 2.23. The highest BCUT2D eigenvalue weighted by atomic mass is 14.9. The van der Waals surface area contributed by atoms with Crippen LogP contribution < -0.4 is 11.1 Å². The molecule has 3 N–H and O–H groups in total. The van der Waals surface area contributed by atoms with Gasteiger partial charge < -0.3 is 11.1 Å². The van der Waals surface area contributed by atoms with Crippen molar-refractivity contribution in [1.29, 1.82) is 0 Å². The van der Waals surface area contributed by atoms with Crippen LogP contribution in [0.15, 0.2) is 18.2 Å². The molecule has 2 nitrogen and oxygen atoms in total. The molecule has 0 saturated carbocycles. The maximum Gasteiger partial charge on any atom is 0.0343 e. The van der Waals surface area contributed by atoms with Crippen molar-refractivity contribution in [3.8, 4) is 0 Å². The van der Waals surface area contributed by atoms with Crippen LogP contribution in [0.3, 0.4) is 0 Å². The first-order chi connectivity index (χ1) is 6.90. The monoisotopic (exact) mass is 190 g/mol. The summed E-state index contributed by atoms with van der Waals surface area (Å²) in [5.41, 5.74) is 9.73. The number of fused-ring (bicyclic) bond motifs is 1. The first-order valence-corrected chi connectivity index (χ1v) is 5.46. The van der Waals surface area contributed by atoms with Crippen molar-refractivity contribution in [1.82, 2.24) is 0 Å². The quantitative estimate of drug-likeness (QED) is 0.764. The molecular formula is C12H18N2. The highest BCUT2D eigenvalue weighted by Gasteiger charge is 2.08. The molecule has 0 saturated heterocycles. The maximum absolute atomic E-state index is 5.45. The van der Waals surface area contributed by atoms with E-state index in [0.717, 1.165) is 6.54 Å². The molecule has 1 aromatic rings. The first kappa shape index (κ1) is 9.53. The van der Waals surface area contributed by atoms with E-state index in [1.165, 1.54) is 42.5 Å². The minimum Gasteiger partial charge on any atom is -0.384 e. The van der Waals surface area contributed by atoms with Crippen LogP contribution in [0.25, 0.3) is 0 Å². The van der Waals surface area contributed by atoms with E-state index >= 15 is 0 Å². The molecule has 1 aromatic carbocycles. The Kier molecular flexibility index (Phi) is 3.04. The van der Waals surface area contributed by atoms with Crippen LogP contribution in [0.5, 0.6) is 0 Å². The van der Waals surface area contributed by atoms with Crippen molar-refractivity contribution in [2.24, 2.45) is 5.73 Å². The van der Waals surface area contributed by atoms with Crippen molar-refractivity contribution in [2.45, 2.75) is 25.7 Å². The van der Waals surface area contributed by atoms with Gasteiger partial charge in [-0.3, -0.25) is 0 Å². The van der Waals surface area contributed by atoms with Gasteiger partial charge in [-0.15, -0.1) is 0 Å². The van der Waals surface area contributed by atoms with E-state index in [4.69, 9.17) is 5.73 Å². The number of anilines is 1. The summed E-state index contributed by atoms with van der Waals surface area (Å²) in [7, 11) is 0. The molecule has 14 heavy (non-hydrogen) atoms. The first-order valence-electron chi connectivity index (χ1n) is 5.46. The van der Waals surface area contributed by atoms with E-state index in [0.29, 0.717) is 6.54 Å². The summed E-state index contributed by atoms with van der Waals surface area (Å²) < 4.78 is 0. The van der Waals surface area contributed by atoms with Gasteiger partial charge in [-0.2, -0.15) is 0 Å². The summed E-state index contributed by atoms with van der Waals surface area (Å²) in [4.78, 5) is 0. The van der Waals surface area contributed by atoms with Crippen LogP contribution in [0.2, 0.25) is 0 Å². The summed E-state index contributed by atoms with van der Waals surface area (Å²) in [6.45, 7) is 1.55. The van der Waals surface area contributed by atoms with Crippen molar-refractivity contribution < 1.29 is 0 Å². The molecule has 0 amide bonds. The number of rotatable bonds is 3. The molecule has 0 aliphatic heterocycles. The lowest BCUT2D eigenvalue weighted by Gasteiger charge is -2.16. The molecule has 0 bridgehead atoms. The van der Waals surface area contributed by atoms with Crippen LogP contribution in [0.4, 0.5) is 5.69 Å². The number of aryl methyl sites for hydroxylation is 2. The summed E-state index contributed by atoms with van der Waals surface area (Å²) in [6, 6.07) is 6.71. The minimum atomic E-state index is 0.692. The number of nitrogens with two attached hydrogens (primary N) is 1. The molecule has 76 valence electrons. The van der Waals surface area contributed by atoms with Crippen LogP contribution >= 0.6 is 0 Å². The van der Waals surface area contributed by atoms with Crippen LogP contribution in [-0.2, 0) is 12.8 Å². The van der Waals surface area contributed by atoms with E-state index in [1.54, 1.807) is 0 Å². The number of hydrogen-bond donors (Lipinski definition) is 2. The third-order valence-electron chi connectivity index (χ3n) is 2.82. The Morgan fingerprint density at radius 2 is 1.93 bits per heavy atom. The molecule has 0 radical (unpaired) electrons. The summed E-state index contributed by atoms with van der Waals surface area (Å²) >= 11 is 0. The normalized spacial score (nSPS) is 14.9.